The lowest BCUT2D eigenvalue weighted by molar-refractivity contribution is 0.288. The van der Waals surface area contributed by atoms with Crippen molar-refractivity contribution in [3.05, 3.63) is 42.0 Å². The van der Waals surface area contributed by atoms with Gasteiger partial charge in [0, 0.05) is 0 Å². The summed E-state index contributed by atoms with van der Waals surface area (Å²) in [6.45, 7) is 5.32. The first kappa shape index (κ1) is 27.3. The first-order valence-corrected chi connectivity index (χ1v) is 15.2. The summed E-state index contributed by atoms with van der Waals surface area (Å²) in [4.78, 5) is 0. The molecule has 0 heterocycles. The molecule has 0 unspecified atom stereocenters. The molecule has 2 aliphatic carbocycles. The van der Waals surface area contributed by atoms with E-state index in [0.717, 1.165) is 29.4 Å². The Hall–Kier alpha value is -1.24. The molecule has 1 nitrogen and oxygen atoms in total. The fourth-order valence-electron chi connectivity index (χ4n) is 6.40. The summed E-state index contributed by atoms with van der Waals surface area (Å²) in [6, 6.07) is 9.05. The van der Waals surface area contributed by atoms with Crippen LogP contribution in [0.2, 0.25) is 0 Å². The van der Waals surface area contributed by atoms with Gasteiger partial charge in [0.2, 0.25) is 0 Å². The Morgan fingerprint density at radius 3 is 1.88 bits per heavy atom. The molecule has 3 rings (SSSR count). The van der Waals surface area contributed by atoms with Crippen molar-refractivity contribution in [2.75, 3.05) is 6.61 Å². The van der Waals surface area contributed by atoms with E-state index in [1.165, 1.54) is 121 Å². The van der Waals surface area contributed by atoms with Gasteiger partial charge in [-0.3, -0.25) is 0 Å². The zero-order valence-electron chi connectivity index (χ0n) is 22.6. The molecule has 0 aromatic heterocycles. The maximum Gasteiger partial charge on any atom is 0.119 e. The van der Waals surface area contributed by atoms with Gasteiger partial charge < -0.3 is 4.74 Å². The predicted molar refractivity (Wildman–Crippen MR) is 149 cm³/mol. The highest BCUT2D eigenvalue weighted by Crippen LogP contribution is 2.38. The molecular formula is C33H54O. The maximum absolute atomic E-state index is 6.03. The highest BCUT2D eigenvalue weighted by Gasteiger charge is 2.22. The van der Waals surface area contributed by atoms with E-state index in [1.54, 1.807) is 0 Å². The van der Waals surface area contributed by atoms with Crippen LogP contribution in [0.1, 0.15) is 141 Å². The van der Waals surface area contributed by atoms with Gasteiger partial charge in [-0.15, -0.1) is 0 Å². The summed E-state index contributed by atoms with van der Waals surface area (Å²) in [5.74, 6) is 4.55. The fraction of sp³-hybridized carbons (Fsp3) is 0.758. The summed E-state index contributed by atoms with van der Waals surface area (Å²) < 4.78 is 6.03. The Labute approximate surface area is 212 Å². The maximum atomic E-state index is 6.03. The van der Waals surface area contributed by atoms with E-state index in [-0.39, 0.29) is 0 Å². The van der Waals surface area contributed by atoms with Gasteiger partial charge in [-0.25, -0.2) is 0 Å². The first-order valence-electron chi connectivity index (χ1n) is 15.2. The molecule has 0 radical (unpaired) electrons. The predicted octanol–water partition coefficient (Wildman–Crippen LogP) is 10.6. The average Bonchev–Trinajstić information content (AvgIpc) is 2.88. The molecule has 0 spiro atoms. The molecule has 0 bridgehead atoms. The van der Waals surface area contributed by atoms with Crippen molar-refractivity contribution in [3.63, 3.8) is 0 Å². The van der Waals surface area contributed by atoms with Crippen LogP contribution in [0.25, 0.3) is 0 Å². The minimum atomic E-state index is 0.707. The summed E-state index contributed by atoms with van der Waals surface area (Å²) in [5, 5.41) is 0. The summed E-state index contributed by atoms with van der Waals surface area (Å²) in [6.07, 6.45) is 30.2. The smallest absolute Gasteiger partial charge is 0.119 e. The molecule has 0 N–H and O–H groups in total. The van der Waals surface area contributed by atoms with Crippen LogP contribution in [0.15, 0.2) is 36.4 Å². The topological polar surface area (TPSA) is 9.23 Å². The highest BCUT2D eigenvalue weighted by atomic mass is 16.5. The normalized spacial score (nSPS) is 25.6. The number of allylic oxidation sites excluding steroid dienone is 1. The SMILES string of the molecule is CCCCCCCC1CCC(c2ccc(OC/C=C/C3CCC(CCCCC)CC3)cc2)CC1. The molecule has 2 fully saturated rings. The average molecular weight is 467 g/mol. The summed E-state index contributed by atoms with van der Waals surface area (Å²) >= 11 is 0. The number of rotatable bonds is 15. The van der Waals surface area contributed by atoms with E-state index in [1.807, 2.05) is 0 Å². The molecule has 0 aliphatic heterocycles. The minimum Gasteiger partial charge on any atom is -0.490 e. The molecule has 1 heteroatoms. The Bertz CT molecular complexity index is 644. The van der Waals surface area contributed by atoms with Crippen molar-refractivity contribution in [2.45, 2.75) is 135 Å². The molecule has 0 atom stereocenters. The minimum absolute atomic E-state index is 0.707. The van der Waals surface area contributed by atoms with Gasteiger partial charge >= 0.3 is 0 Å². The molecule has 192 valence electrons. The first-order chi connectivity index (χ1) is 16.8. The molecule has 34 heavy (non-hydrogen) atoms. The quantitative estimate of drug-likeness (QED) is 0.184. The van der Waals surface area contributed by atoms with Crippen molar-refractivity contribution in [1.82, 2.24) is 0 Å². The molecule has 0 saturated heterocycles. The van der Waals surface area contributed by atoms with Crippen molar-refractivity contribution in [1.29, 1.82) is 0 Å². The van der Waals surface area contributed by atoms with Gasteiger partial charge in [0.25, 0.3) is 0 Å². The van der Waals surface area contributed by atoms with Gasteiger partial charge in [0.15, 0.2) is 0 Å². The van der Waals surface area contributed by atoms with Crippen LogP contribution in [0.4, 0.5) is 0 Å². The van der Waals surface area contributed by atoms with Crippen LogP contribution in [-0.2, 0) is 0 Å². The number of unbranched alkanes of at least 4 members (excludes halogenated alkanes) is 6. The van der Waals surface area contributed by atoms with Crippen LogP contribution in [0, 0.1) is 17.8 Å². The Morgan fingerprint density at radius 2 is 1.24 bits per heavy atom. The molecule has 0 amide bonds. The van der Waals surface area contributed by atoms with E-state index < -0.39 is 0 Å². The lowest BCUT2D eigenvalue weighted by Gasteiger charge is -2.29. The van der Waals surface area contributed by atoms with Crippen molar-refractivity contribution >= 4 is 0 Å². The summed E-state index contributed by atoms with van der Waals surface area (Å²) in [7, 11) is 0. The van der Waals surface area contributed by atoms with Gasteiger partial charge in [-0.05, 0) is 92.7 Å². The van der Waals surface area contributed by atoms with Crippen LogP contribution in [0.3, 0.4) is 0 Å². The number of hydrogen-bond donors (Lipinski definition) is 0. The fourth-order valence-corrected chi connectivity index (χ4v) is 6.40. The van der Waals surface area contributed by atoms with Crippen molar-refractivity contribution < 1.29 is 4.74 Å². The van der Waals surface area contributed by atoms with Gasteiger partial charge in [-0.2, -0.15) is 0 Å². The van der Waals surface area contributed by atoms with Gasteiger partial charge in [0.1, 0.15) is 12.4 Å². The Morgan fingerprint density at radius 1 is 0.676 bits per heavy atom. The second-order valence-corrected chi connectivity index (χ2v) is 11.5. The van der Waals surface area contributed by atoms with E-state index in [4.69, 9.17) is 4.74 Å². The molecule has 2 saturated carbocycles. The highest BCUT2D eigenvalue weighted by molar-refractivity contribution is 5.30. The molecule has 2 aliphatic rings. The van der Waals surface area contributed by atoms with Crippen LogP contribution in [-0.4, -0.2) is 6.61 Å². The van der Waals surface area contributed by atoms with Crippen LogP contribution >= 0.6 is 0 Å². The third-order valence-electron chi connectivity index (χ3n) is 8.78. The third-order valence-corrected chi connectivity index (χ3v) is 8.78. The molecule has 1 aromatic carbocycles. The Balaban J connectivity index is 1.27. The Kier molecular flexibility index (Phi) is 13.2. The zero-order valence-corrected chi connectivity index (χ0v) is 22.6. The van der Waals surface area contributed by atoms with Crippen molar-refractivity contribution in [2.24, 2.45) is 17.8 Å². The second-order valence-electron chi connectivity index (χ2n) is 11.5. The number of benzene rings is 1. The monoisotopic (exact) mass is 466 g/mol. The van der Waals surface area contributed by atoms with Gasteiger partial charge in [0.05, 0.1) is 0 Å². The number of hydrogen-bond acceptors (Lipinski definition) is 1. The summed E-state index contributed by atoms with van der Waals surface area (Å²) in [5.41, 5.74) is 1.53. The van der Waals surface area contributed by atoms with E-state index in [2.05, 4.69) is 50.3 Å². The second kappa shape index (κ2) is 16.4. The zero-order chi connectivity index (χ0) is 23.8. The lowest BCUT2D eigenvalue weighted by atomic mass is 9.77. The standard InChI is InChI=1S/C33H54O/c1-3-5-7-8-10-13-29-19-21-31(22-20-29)32-23-25-33(26-24-32)34-27-11-14-30-17-15-28(16-18-30)12-9-6-4-2/h11,14,23-26,28-31H,3-10,12-13,15-22,27H2,1-2H3/b14-11+. The molecule has 1 aromatic rings. The van der Waals surface area contributed by atoms with E-state index in [0.29, 0.717) is 6.61 Å². The van der Waals surface area contributed by atoms with Crippen molar-refractivity contribution in [3.8, 4) is 5.75 Å². The molecular weight excluding hydrogens is 412 g/mol. The van der Waals surface area contributed by atoms with E-state index in [9.17, 15) is 0 Å². The lowest BCUT2D eigenvalue weighted by Crippen LogP contribution is -2.13. The van der Waals surface area contributed by atoms with E-state index >= 15 is 0 Å². The largest absolute Gasteiger partial charge is 0.490 e. The third kappa shape index (κ3) is 10.2. The van der Waals surface area contributed by atoms with Crippen LogP contribution in [0.5, 0.6) is 5.75 Å². The number of ether oxygens (including phenoxy) is 1. The van der Waals surface area contributed by atoms with Crippen LogP contribution < -0.4 is 4.74 Å². The van der Waals surface area contributed by atoms with Gasteiger partial charge in [-0.1, -0.05) is 102 Å².